The summed E-state index contributed by atoms with van der Waals surface area (Å²) < 4.78 is 0. The Kier molecular flexibility index (Phi) is 7.05. The first-order valence-corrected chi connectivity index (χ1v) is 10.7. The number of pyridine rings is 1. The van der Waals surface area contributed by atoms with Crippen LogP contribution in [0.15, 0.2) is 109 Å². The number of rotatable bonds is 6. The van der Waals surface area contributed by atoms with Gasteiger partial charge in [0, 0.05) is 34.3 Å². The van der Waals surface area contributed by atoms with E-state index in [1.807, 2.05) is 24.3 Å². The van der Waals surface area contributed by atoms with Crippen molar-refractivity contribution in [2.45, 2.75) is 6.42 Å². The summed E-state index contributed by atoms with van der Waals surface area (Å²) >= 11 is 0. The van der Waals surface area contributed by atoms with Crippen molar-refractivity contribution in [3.05, 3.63) is 126 Å². The number of carbonyl (C=O) groups excluding carboxylic acids is 3. The smallest absolute Gasteiger partial charge is 0.255 e. The average Bonchev–Trinajstić information content (AvgIpc) is 3.13. The summed E-state index contributed by atoms with van der Waals surface area (Å²) in [6, 6.07) is 16.7. The molecule has 7 nitrogen and oxygen atoms in total. The van der Waals surface area contributed by atoms with E-state index in [2.05, 4.69) is 20.9 Å². The van der Waals surface area contributed by atoms with Crippen LogP contribution in [0, 0.1) is 0 Å². The highest BCUT2D eigenvalue weighted by molar-refractivity contribution is 6.11. The molecule has 1 aliphatic rings. The highest BCUT2D eigenvalue weighted by Gasteiger charge is 2.17. The lowest BCUT2D eigenvalue weighted by Crippen LogP contribution is -2.24. The molecule has 0 saturated carbocycles. The van der Waals surface area contributed by atoms with Crippen molar-refractivity contribution in [1.29, 1.82) is 0 Å². The zero-order chi connectivity index (χ0) is 23.8. The van der Waals surface area contributed by atoms with Crippen LogP contribution in [0.5, 0.6) is 0 Å². The van der Waals surface area contributed by atoms with Crippen molar-refractivity contribution < 1.29 is 14.4 Å². The van der Waals surface area contributed by atoms with Gasteiger partial charge in [0.1, 0.15) is 0 Å². The topological polar surface area (TPSA) is 100 Å². The van der Waals surface area contributed by atoms with Crippen LogP contribution in [0.4, 0.5) is 11.4 Å². The van der Waals surface area contributed by atoms with E-state index in [1.54, 1.807) is 54.7 Å². The highest BCUT2D eigenvalue weighted by Crippen LogP contribution is 2.16. The second-order valence-corrected chi connectivity index (χ2v) is 7.46. The summed E-state index contributed by atoms with van der Waals surface area (Å²) in [7, 11) is 0. The SMILES string of the molecule is O=C(NC1=CC=CCC=C1)c1cc(C(=O)Nc2ccccc2)cc(C(=O)Nc2cccnc2)c1. The molecule has 0 aliphatic heterocycles. The lowest BCUT2D eigenvalue weighted by Gasteiger charge is -2.12. The molecule has 1 aromatic heterocycles. The van der Waals surface area contributed by atoms with Crippen molar-refractivity contribution in [3.8, 4) is 0 Å². The maximum atomic E-state index is 13.0. The van der Waals surface area contributed by atoms with Crippen molar-refractivity contribution in [1.82, 2.24) is 10.3 Å². The predicted octanol–water partition coefficient (Wildman–Crippen LogP) is 4.72. The van der Waals surface area contributed by atoms with Gasteiger partial charge in [0.25, 0.3) is 17.7 Å². The Morgan fingerprint density at radius 1 is 0.706 bits per heavy atom. The van der Waals surface area contributed by atoms with Gasteiger partial charge in [-0.1, -0.05) is 36.4 Å². The molecule has 4 rings (SSSR count). The van der Waals surface area contributed by atoms with Crippen LogP contribution in [0.25, 0.3) is 0 Å². The molecule has 3 amide bonds. The second-order valence-electron chi connectivity index (χ2n) is 7.46. The molecule has 0 spiro atoms. The Bertz CT molecular complexity index is 1220. The Morgan fingerprint density at radius 3 is 1.97 bits per heavy atom. The number of nitrogens with one attached hydrogen (secondary N) is 3. The molecule has 0 radical (unpaired) electrons. The number of benzene rings is 2. The van der Waals surface area contributed by atoms with E-state index in [9.17, 15) is 14.4 Å². The van der Waals surface area contributed by atoms with Gasteiger partial charge in [0.2, 0.25) is 0 Å². The van der Waals surface area contributed by atoms with Gasteiger partial charge in [-0.05, 0) is 61.0 Å². The number of anilines is 2. The molecule has 34 heavy (non-hydrogen) atoms. The predicted molar refractivity (Wildman–Crippen MR) is 131 cm³/mol. The molecule has 1 heterocycles. The van der Waals surface area contributed by atoms with Crippen LogP contribution in [-0.2, 0) is 0 Å². The first kappa shape index (κ1) is 22.4. The van der Waals surface area contributed by atoms with Crippen LogP contribution in [0.3, 0.4) is 0 Å². The van der Waals surface area contributed by atoms with Crippen LogP contribution >= 0.6 is 0 Å². The molecule has 2 aromatic carbocycles. The fourth-order valence-corrected chi connectivity index (χ4v) is 3.25. The molecule has 3 N–H and O–H groups in total. The minimum Gasteiger partial charge on any atom is -0.322 e. The molecular formula is C27H22N4O3. The fraction of sp³-hybridized carbons (Fsp3) is 0.0370. The fourth-order valence-electron chi connectivity index (χ4n) is 3.25. The molecule has 168 valence electrons. The number of hydrogen-bond donors (Lipinski definition) is 3. The third-order valence-electron chi connectivity index (χ3n) is 4.91. The van der Waals surface area contributed by atoms with Crippen LogP contribution in [0.2, 0.25) is 0 Å². The van der Waals surface area contributed by atoms with E-state index < -0.39 is 17.7 Å². The summed E-state index contributed by atoms with van der Waals surface area (Å²) in [5.41, 5.74) is 2.24. The van der Waals surface area contributed by atoms with Crippen molar-refractivity contribution in [3.63, 3.8) is 0 Å². The number of amides is 3. The Morgan fingerprint density at radius 2 is 1.32 bits per heavy atom. The molecule has 1 aliphatic carbocycles. The summed E-state index contributed by atoms with van der Waals surface area (Å²) in [5, 5.41) is 8.34. The van der Waals surface area contributed by atoms with Gasteiger partial charge in [-0.25, -0.2) is 0 Å². The second kappa shape index (κ2) is 10.7. The van der Waals surface area contributed by atoms with Gasteiger partial charge in [-0.3, -0.25) is 19.4 Å². The molecule has 0 unspecified atom stereocenters. The normalized spacial score (nSPS) is 12.3. The number of aromatic nitrogens is 1. The van der Waals surface area contributed by atoms with Gasteiger partial charge in [0.05, 0.1) is 11.9 Å². The molecule has 7 heteroatoms. The maximum Gasteiger partial charge on any atom is 0.255 e. The molecular weight excluding hydrogens is 428 g/mol. The third kappa shape index (κ3) is 5.92. The highest BCUT2D eigenvalue weighted by atomic mass is 16.2. The van der Waals surface area contributed by atoms with E-state index in [0.29, 0.717) is 17.1 Å². The quantitative estimate of drug-likeness (QED) is 0.506. The number of allylic oxidation sites excluding steroid dienone is 5. The Hall–Kier alpha value is -4.78. The first-order valence-electron chi connectivity index (χ1n) is 10.7. The van der Waals surface area contributed by atoms with Gasteiger partial charge < -0.3 is 16.0 Å². The van der Waals surface area contributed by atoms with E-state index >= 15 is 0 Å². The van der Waals surface area contributed by atoms with E-state index in [4.69, 9.17) is 0 Å². The Labute approximate surface area is 196 Å². The number of nitrogens with zero attached hydrogens (tertiary/aromatic N) is 1. The van der Waals surface area contributed by atoms with Gasteiger partial charge in [-0.2, -0.15) is 0 Å². The summed E-state index contributed by atoms with van der Waals surface area (Å²) in [6.07, 6.45) is 13.2. The van der Waals surface area contributed by atoms with E-state index in [1.165, 1.54) is 24.4 Å². The monoisotopic (exact) mass is 450 g/mol. The molecule has 0 atom stereocenters. The number of hydrogen-bond acceptors (Lipinski definition) is 4. The van der Waals surface area contributed by atoms with E-state index in [0.717, 1.165) is 6.42 Å². The minimum absolute atomic E-state index is 0.167. The summed E-state index contributed by atoms with van der Waals surface area (Å²) in [6.45, 7) is 0. The maximum absolute atomic E-state index is 13.0. The average molecular weight is 450 g/mol. The van der Waals surface area contributed by atoms with Gasteiger partial charge in [0.15, 0.2) is 0 Å². The number of para-hydroxylation sites is 1. The van der Waals surface area contributed by atoms with Crippen molar-refractivity contribution in [2.24, 2.45) is 0 Å². The van der Waals surface area contributed by atoms with Crippen molar-refractivity contribution >= 4 is 29.1 Å². The lowest BCUT2D eigenvalue weighted by atomic mass is 10.0. The van der Waals surface area contributed by atoms with Crippen LogP contribution < -0.4 is 16.0 Å². The summed E-state index contributed by atoms with van der Waals surface area (Å²) in [5.74, 6) is -1.34. The third-order valence-corrected chi connectivity index (χ3v) is 4.91. The zero-order valence-electron chi connectivity index (χ0n) is 18.2. The summed E-state index contributed by atoms with van der Waals surface area (Å²) in [4.78, 5) is 42.9. The Balaban J connectivity index is 1.64. The van der Waals surface area contributed by atoms with E-state index in [-0.39, 0.29) is 16.7 Å². The molecule has 0 bridgehead atoms. The largest absolute Gasteiger partial charge is 0.322 e. The van der Waals surface area contributed by atoms with Crippen molar-refractivity contribution in [2.75, 3.05) is 10.6 Å². The molecule has 0 fully saturated rings. The number of carbonyl (C=O) groups is 3. The minimum atomic E-state index is -0.465. The lowest BCUT2D eigenvalue weighted by molar-refractivity contribution is 0.0967. The van der Waals surface area contributed by atoms with Gasteiger partial charge in [-0.15, -0.1) is 0 Å². The first-order chi connectivity index (χ1) is 16.6. The zero-order valence-corrected chi connectivity index (χ0v) is 18.2. The standard InChI is InChI=1S/C27H22N4O3/c32-25(29-22-9-4-1-2-5-10-22)19-15-20(26(33)30-23-11-6-3-7-12-23)17-21(16-19)27(34)31-24-13-8-14-28-18-24/h1,3-18H,2H2,(H,29,32)(H,30,33)(H,31,34). The van der Waals surface area contributed by atoms with Crippen LogP contribution in [-0.4, -0.2) is 22.7 Å². The molecule has 0 saturated heterocycles. The van der Waals surface area contributed by atoms with Gasteiger partial charge >= 0.3 is 0 Å². The van der Waals surface area contributed by atoms with Crippen LogP contribution in [0.1, 0.15) is 37.5 Å². The molecule has 3 aromatic rings.